The average Bonchev–Trinajstić information content (AvgIpc) is 2.30. The van der Waals surface area contributed by atoms with Gasteiger partial charge in [-0.1, -0.05) is 19.3 Å². The molecule has 1 aromatic rings. The van der Waals surface area contributed by atoms with E-state index in [1.54, 1.807) is 13.3 Å². The van der Waals surface area contributed by atoms with Gasteiger partial charge in [0, 0.05) is 12.1 Å². The molecule has 1 fully saturated rings. The topological polar surface area (TPSA) is 35.0 Å². The van der Waals surface area contributed by atoms with Crippen molar-refractivity contribution in [3.05, 3.63) is 18.0 Å². The van der Waals surface area contributed by atoms with Crippen LogP contribution in [0.3, 0.4) is 0 Å². The standard InChI is InChI=1S/C11H16N2O/c1-14-11-12-8-7-10(13-11)9-5-3-2-4-6-9/h7-9H,2-6H2,1H3. The van der Waals surface area contributed by atoms with Gasteiger partial charge >= 0.3 is 6.01 Å². The van der Waals surface area contributed by atoms with Crippen LogP contribution in [0.4, 0.5) is 0 Å². The van der Waals surface area contributed by atoms with Crippen LogP contribution >= 0.6 is 0 Å². The number of hydrogen-bond acceptors (Lipinski definition) is 3. The summed E-state index contributed by atoms with van der Waals surface area (Å²) in [7, 11) is 1.61. The molecule has 3 nitrogen and oxygen atoms in total. The molecule has 0 amide bonds. The van der Waals surface area contributed by atoms with E-state index in [0.29, 0.717) is 11.9 Å². The van der Waals surface area contributed by atoms with Crippen molar-refractivity contribution < 1.29 is 4.74 Å². The van der Waals surface area contributed by atoms with Gasteiger partial charge in [-0.2, -0.15) is 4.98 Å². The fourth-order valence-corrected chi connectivity index (χ4v) is 2.08. The first-order valence-corrected chi connectivity index (χ1v) is 5.27. The van der Waals surface area contributed by atoms with Crippen molar-refractivity contribution in [1.29, 1.82) is 0 Å². The highest BCUT2D eigenvalue weighted by Gasteiger charge is 2.17. The van der Waals surface area contributed by atoms with Crippen LogP contribution in [0.2, 0.25) is 0 Å². The zero-order valence-corrected chi connectivity index (χ0v) is 8.57. The lowest BCUT2D eigenvalue weighted by Crippen LogP contribution is -2.07. The molecule has 1 heterocycles. The van der Waals surface area contributed by atoms with Crippen molar-refractivity contribution in [3.63, 3.8) is 0 Å². The van der Waals surface area contributed by atoms with Crippen LogP contribution < -0.4 is 4.74 Å². The number of hydrogen-bond donors (Lipinski definition) is 0. The third-order valence-corrected chi connectivity index (χ3v) is 2.86. The highest BCUT2D eigenvalue weighted by molar-refractivity contribution is 5.11. The molecule has 0 saturated heterocycles. The smallest absolute Gasteiger partial charge is 0.316 e. The van der Waals surface area contributed by atoms with Crippen LogP contribution in [0.25, 0.3) is 0 Å². The van der Waals surface area contributed by atoms with Gasteiger partial charge in [-0.05, 0) is 18.9 Å². The summed E-state index contributed by atoms with van der Waals surface area (Å²) in [6.45, 7) is 0. The van der Waals surface area contributed by atoms with Gasteiger partial charge < -0.3 is 4.74 Å². The third kappa shape index (κ3) is 2.03. The first kappa shape index (κ1) is 9.44. The minimum absolute atomic E-state index is 0.494. The normalized spacial score (nSPS) is 18.1. The zero-order valence-electron chi connectivity index (χ0n) is 8.57. The molecular weight excluding hydrogens is 176 g/mol. The molecule has 0 aliphatic heterocycles. The van der Waals surface area contributed by atoms with Gasteiger partial charge in [0.15, 0.2) is 0 Å². The minimum atomic E-state index is 0.494. The summed E-state index contributed by atoms with van der Waals surface area (Å²) in [5, 5.41) is 0. The summed E-state index contributed by atoms with van der Waals surface area (Å²) in [6, 6.07) is 2.51. The maximum Gasteiger partial charge on any atom is 0.316 e. The second-order valence-corrected chi connectivity index (χ2v) is 3.80. The minimum Gasteiger partial charge on any atom is -0.467 e. The van der Waals surface area contributed by atoms with E-state index < -0.39 is 0 Å². The van der Waals surface area contributed by atoms with E-state index in [0.717, 1.165) is 5.69 Å². The first-order chi connectivity index (χ1) is 6.90. The van der Waals surface area contributed by atoms with Crippen molar-refractivity contribution in [2.45, 2.75) is 38.0 Å². The number of methoxy groups -OCH3 is 1. The molecule has 0 bridgehead atoms. The first-order valence-electron chi connectivity index (χ1n) is 5.27. The molecule has 0 aromatic carbocycles. The van der Waals surface area contributed by atoms with Gasteiger partial charge in [-0.15, -0.1) is 0 Å². The molecule has 0 N–H and O–H groups in total. The highest BCUT2D eigenvalue weighted by atomic mass is 16.5. The third-order valence-electron chi connectivity index (χ3n) is 2.86. The maximum atomic E-state index is 5.02. The number of rotatable bonds is 2. The Kier molecular flexibility index (Phi) is 2.96. The molecule has 1 aliphatic rings. The van der Waals surface area contributed by atoms with Gasteiger partial charge in [0.05, 0.1) is 12.8 Å². The highest BCUT2D eigenvalue weighted by Crippen LogP contribution is 2.31. The molecule has 0 atom stereocenters. The molecular formula is C11H16N2O. The Hall–Kier alpha value is -1.12. The van der Waals surface area contributed by atoms with Crippen LogP contribution in [0.1, 0.15) is 43.7 Å². The molecule has 0 spiro atoms. The Morgan fingerprint density at radius 3 is 2.79 bits per heavy atom. The lowest BCUT2D eigenvalue weighted by molar-refractivity contribution is 0.371. The van der Waals surface area contributed by atoms with Gasteiger partial charge in [0.2, 0.25) is 0 Å². The zero-order chi connectivity index (χ0) is 9.80. The Balaban J connectivity index is 2.13. The molecule has 0 radical (unpaired) electrons. The van der Waals surface area contributed by atoms with Gasteiger partial charge in [0.25, 0.3) is 0 Å². The monoisotopic (exact) mass is 192 g/mol. The largest absolute Gasteiger partial charge is 0.467 e. The van der Waals surface area contributed by atoms with E-state index in [9.17, 15) is 0 Å². The molecule has 1 aliphatic carbocycles. The van der Waals surface area contributed by atoms with Crippen LogP contribution in [0.5, 0.6) is 6.01 Å². The van der Waals surface area contributed by atoms with E-state index in [4.69, 9.17) is 4.74 Å². The van der Waals surface area contributed by atoms with Crippen molar-refractivity contribution in [3.8, 4) is 6.01 Å². The molecule has 14 heavy (non-hydrogen) atoms. The molecule has 3 heteroatoms. The quantitative estimate of drug-likeness (QED) is 0.722. The van der Waals surface area contributed by atoms with Crippen LogP contribution in [0, 0.1) is 0 Å². The fourth-order valence-electron chi connectivity index (χ4n) is 2.08. The molecule has 1 aromatic heterocycles. The van der Waals surface area contributed by atoms with Crippen molar-refractivity contribution in [1.82, 2.24) is 9.97 Å². The van der Waals surface area contributed by atoms with Crippen molar-refractivity contribution in [2.75, 3.05) is 7.11 Å². The fraction of sp³-hybridized carbons (Fsp3) is 0.636. The summed E-state index contributed by atoms with van der Waals surface area (Å²) in [5.74, 6) is 0.626. The summed E-state index contributed by atoms with van der Waals surface area (Å²) < 4.78 is 5.02. The van der Waals surface area contributed by atoms with E-state index in [1.165, 1.54) is 32.1 Å². The van der Waals surface area contributed by atoms with E-state index in [1.807, 2.05) is 6.07 Å². The van der Waals surface area contributed by atoms with E-state index in [2.05, 4.69) is 9.97 Å². The van der Waals surface area contributed by atoms with Crippen LogP contribution in [0.15, 0.2) is 12.3 Å². The Bertz CT molecular complexity index is 295. The summed E-state index contributed by atoms with van der Waals surface area (Å²) in [6.07, 6.45) is 8.35. The summed E-state index contributed by atoms with van der Waals surface area (Å²) in [4.78, 5) is 8.40. The van der Waals surface area contributed by atoms with Crippen molar-refractivity contribution >= 4 is 0 Å². The summed E-state index contributed by atoms with van der Waals surface area (Å²) >= 11 is 0. The van der Waals surface area contributed by atoms with Gasteiger partial charge in [0.1, 0.15) is 0 Å². The van der Waals surface area contributed by atoms with Crippen molar-refractivity contribution in [2.24, 2.45) is 0 Å². The molecule has 0 unspecified atom stereocenters. The van der Waals surface area contributed by atoms with E-state index >= 15 is 0 Å². The van der Waals surface area contributed by atoms with Gasteiger partial charge in [-0.25, -0.2) is 4.98 Å². The Morgan fingerprint density at radius 2 is 2.07 bits per heavy atom. The molecule has 1 saturated carbocycles. The Labute approximate surface area is 84.5 Å². The second-order valence-electron chi connectivity index (χ2n) is 3.80. The molecule has 76 valence electrons. The number of ether oxygens (including phenoxy) is 1. The number of nitrogens with zero attached hydrogens (tertiary/aromatic N) is 2. The van der Waals surface area contributed by atoms with Gasteiger partial charge in [-0.3, -0.25) is 0 Å². The summed E-state index contributed by atoms with van der Waals surface area (Å²) in [5.41, 5.74) is 1.15. The lowest BCUT2D eigenvalue weighted by atomic mass is 9.87. The predicted octanol–water partition coefficient (Wildman–Crippen LogP) is 2.53. The maximum absolute atomic E-state index is 5.02. The lowest BCUT2D eigenvalue weighted by Gasteiger charge is -2.20. The molecule has 2 rings (SSSR count). The second kappa shape index (κ2) is 4.40. The SMILES string of the molecule is COc1nccc(C2CCCCC2)n1. The predicted molar refractivity (Wildman–Crippen MR) is 54.4 cm³/mol. The van der Waals surface area contributed by atoms with E-state index in [-0.39, 0.29) is 0 Å². The number of aromatic nitrogens is 2. The Morgan fingerprint density at radius 1 is 1.29 bits per heavy atom. The average molecular weight is 192 g/mol. The van der Waals surface area contributed by atoms with Crippen LogP contribution in [-0.4, -0.2) is 17.1 Å². The van der Waals surface area contributed by atoms with Crippen LogP contribution in [-0.2, 0) is 0 Å².